The average molecular weight is 489 g/mol. The summed E-state index contributed by atoms with van der Waals surface area (Å²) >= 11 is 0. The molecule has 0 radical (unpaired) electrons. The lowest BCUT2D eigenvalue weighted by molar-refractivity contribution is 0.0991. The summed E-state index contributed by atoms with van der Waals surface area (Å²) in [6.45, 7) is 7.59. The van der Waals surface area contributed by atoms with E-state index >= 15 is 0 Å². The van der Waals surface area contributed by atoms with Crippen LogP contribution in [0.3, 0.4) is 0 Å². The molecule has 0 unspecified atom stereocenters. The minimum atomic E-state index is -0.160. The molecular formula is C30H36N2O4. The van der Waals surface area contributed by atoms with Gasteiger partial charge in [-0.05, 0) is 92.9 Å². The third-order valence-corrected chi connectivity index (χ3v) is 6.50. The molecule has 4 rings (SSSR count). The van der Waals surface area contributed by atoms with E-state index in [1.54, 1.807) is 7.11 Å². The molecule has 1 heterocycles. The van der Waals surface area contributed by atoms with Gasteiger partial charge in [-0.2, -0.15) is 0 Å². The summed E-state index contributed by atoms with van der Waals surface area (Å²) in [6, 6.07) is 20.4. The van der Waals surface area contributed by atoms with Crippen LogP contribution in [-0.2, 0) is 0 Å². The Balaban J connectivity index is 1.31. The highest BCUT2D eigenvalue weighted by Gasteiger charge is 2.21. The SMILES string of the molecule is CCCCN1CCC(Oc2ccc(C(=O)Nc3ccc(Oc4ccccc4OC)cc3)cc2C)CC1. The molecule has 1 aliphatic rings. The monoisotopic (exact) mass is 488 g/mol. The van der Waals surface area contributed by atoms with Crippen LogP contribution < -0.4 is 19.5 Å². The molecule has 1 N–H and O–H groups in total. The maximum Gasteiger partial charge on any atom is 0.255 e. The van der Waals surface area contributed by atoms with Gasteiger partial charge in [0.2, 0.25) is 0 Å². The van der Waals surface area contributed by atoms with Gasteiger partial charge in [0.25, 0.3) is 5.91 Å². The first-order valence-corrected chi connectivity index (χ1v) is 12.8. The number of carbonyl (C=O) groups excluding carboxylic acids is 1. The fourth-order valence-corrected chi connectivity index (χ4v) is 4.37. The van der Waals surface area contributed by atoms with Gasteiger partial charge in [0.15, 0.2) is 11.5 Å². The predicted molar refractivity (Wildman–Crippen MR) is 144 cm³/mol. The first-order chi connectivity index (χ1) is 17.6. The van der Waals surface area contributed by atoms with E-state index in [9.17, 15) is 4.79 Å². The largest absolute Gasteiger partial charge is 0.493 e. The van der Waals surface area contributed by atoms with Gasteiger partial charge in [-0.3, -0.25) is 4.79 Å². The number of ether oxygens (including phenoxy) is 3. The molecule has 0 bridgehead atoms. The summed E-state index contributed by atoms with van der Waals surface area (Å²) in [7, 11) is 1.61. The zero-order chi connectivity index (χ0) is 25.3. The van der Waals surface area contributed by atoms with Crippen molar-refractivity contribution in [3.05, 3.63) is 77.9 Å². The second kappa shape index (κ2) is 12.5. The number of amides is 1. The lowest BCUT2D eigenvalue weighted by atomic mass is 10.1. The van der Waals surface area contributed by atoms with Crippen LogP contribution in [0.15, 0.2) is 66.7 Å². The molecule has 1 saturated heterocycles. The van der Waals surface area contributed by atoms with E-state index in [1.165, 1.54) is 19.4 Å². The quantitative estimate of drug-likeness (QED) is 0.344. The van der Waals surface area contributed by atoms with Crippen LogP contribution in [0.1, 0.15) is 48.5 Å². The Bertz CT molecular complexity index is 1140. The van der Waals surface area contributed by atoms with Crippen molar-refractivity contribution in [1.29, 1.82) is 0 Å². The van der Waals surface area contributed by atoms with E-state index in [0.29, 0.717) is 28.5 Å². The number of likely N-dealkylation sites (tertiary alicyclic amines) is 1. The Kier molecular flexibility index (Phi) is 8.85. The number of nitrogens with zero attached hydrogens (tertiary/aromatic N) is 1. The van der Waals surface area contributed by atoms with Gasteiger partial charge in [-0.15, -0.1) is 0 Å². The molecule has 6 nitrogen and oxygen atoms in total. The minimum Gasteiger partial charge on any atom is -0.493 e. The Hall–Kier alpha value is -3.51. The van der Waals surface area contributed by atoms with Crippen LogP contribution in [0.25, 0.3) is 0 Å². The zero-order valence-electron chi connectivity index (χ0n) is 21.5. The van der Waals surface area contributed by atoms with Crippen LogP contribution in [-0.4, -0.2) is 43.7 Å². The van der Waals surface area contributed by atoms with Crippen LogP contribution in [0.5, 0.6) is 23.0 Å². The van der Waals surface area contributed by atoms with Crippen molar-refractivity contribution in [2.24, 2.45) is 0 Å². The fraction of sp³-hybridized carbons (Fsp3) is 0.367. The number of nitrogens with one attached hydrogen (secondary N) is 1. The summed E-state index contributed by atoms with van der Waals surface area (Å²) in [5.41, 5.74) is 2.26. The molecule has 3 aromatic rings. The van der Waals surface area contributed by atoms with Gasteiger partial charge in [-0.1, -0.05) is 25.5 Å². The summed E-state index contributed by atoms with van der Waals surface area (Å²) in [5, 5.41) is 2.96. The number of anilines is 1. The summed E-state index contributed by atoms with van der Waals surface area (Å²) in [6.07, 6.45) is 4.82. The number of hydrogen-bond acceptors (Lipinski definition) is 5. The summed E-state index contributed by atoms with van der Waals surface area (Å²) in [4.78, 5) is 15.4. The first-order valence-electron chi connectivity index (χ1n) is 12.8. The van der Waals surface area contributed by atoms with E-state index in [0.717, 1.165) is 37.2 Å². The molecule has 0 aliphatic carbocycles. The van der Waals surface area contributed by atoms with Gasteiger partial charge >= 0.3 is 0 Å². The molecule has 1 amide bonds. The number of piperidine rings is 1. The molecule has 36 heavy (non-hydrogen) atoms. The van der Waals surface area contributed by atoms with Crippen molar-refractivity contribution in [2.75, 3.05) is 32.1 Å². The molecule has 0 saturated carbocycles. The van der Waals surface area contributed by atoms with Crippen LogP contribution in [0, 0.1) is 6.92 Å². The number of benzene rings is 3. The number of hydrogen-bond donors (Lipinski definition) is 1. The first kappa shape index (κ1) is 25.6. The molecule has 1 fully saturated rings. The Morgan fingerprint density at radius 3 is 2.36 bits per heavy atom. The number of rotatable bonds is 10. The van der Waals surface area contributed by atoms with E-state index in [-0.39, 0.29) is 12.0 Å². The smallest absolute Gasteiger partial charge is 0.255 e. The third kappa shape index (κ3) is 6.79. The summed E-state index contributed by atoms with van der Waals surface area (Å²) < 4.78 is 17.5. The second-order valence-corrected chi connectivity index (χ2v) is 9.22. The Morgan fingerprint density at radius 1 is 0.972 bits per heavy atom. The van der Waals surface area contributed by atoms with Crippen molar-refractivity contribution in [2.45, 2.75) is 45.6 Å². The van der Waals surface area contributed by atoms with Gasteiger partial charge in [0.05, 0.1) is 7.11 Å². The van der Waals surface area contributed by atoms with E-state index < -0.39 is 0 Å². The van der Waals surface area contributed by atoms with Crippen molar-refractivity contribution in [1.82, 2.24) is 4.90 Å². The van der Waals surface area contributed by atoms with Crippen LogP contribution in [0.2, 0.25) is 0 Å². The number of unbranched alkanes of at least 4 members (excludes halogenated alkanes) is 1. The second-order valence-electron chi connectivity index (χ2n) is 9.22. The molecule has 0 aromatic heterocycles. The number of para-hydroxylation sites is 2. The minimum absolute atomic E-state index is 0.160. The molecule has 190 valence electrons. The topological polar surface area (TPSA) is 60.0 Å². The predicted octanol–water partition coefficient (Wildman–Crippen LogP) is 6.69. The third-order valence-electron chi connectivity index (χ3n) is 6.50. The standard InChI is InChI=1S/C30H36N2O4/c1-4-5-18-32-19-16-26(17-20-32)35-27-15-10-23(21-22(27)2)30(33)31-24-11-13-25(14-12-24)36-29-9-7-6-8-28(29)34-3/h6-15,21,26H,4-5,16-20H2,1-3H3,(H,31,33). The maximum atomic E-state index is 12.8. The van der Waals surface area contributed by atoms with Crippen molar-refractivity contribution in [3.63, 3.8) is 0 Å². The Morgan fingerprint density at radius 2 is 1.69 bits per heavy atom. The zero-order valence-corrected chi connectivity index (χ0v) is 21.5. The molecule has 1 aliphatic heterocycles. The highest BCUT2D eigenvalue weighted by Crippen LogP contribution is 2.31. The van der Waals surface area contributed by atoms with Crippen molar-refractivity contribution in [3.8, 4) is 23.0 Å². The maximum absolute atomic E-state index is 12.8. The lowest BCUT2D eigenvalue weighted by Crippen LogP contribution is -2.38. The van der Waals surface area contributed by atoms with Gasteiger partial charge in [0, 0.05) is 24.3 Å². The number of methoxy groups -OCH3 is 1. The van der Waals surface area contributed by atoms with Crippen LogP contribution in [0.4, 0.5) is 5.69 Å². The van der Waals surface area contributed by atoms with Crippen LogP contribution >= 0.6 is 0 Å². The highest BCUT2D eigenvalue weighted by atomic mass is 16.5. The number of carbonyl (C=O) groups is 1. The highest BCUT2D eigenvalue weighted by molar-refractivity contribution is 6.04. The molecule has 0 atom stereocenters. The van der Waals surface area contributed by atoms with Gasteiger partial charge in [0.1, 0.15) is 17.6 Å². The Labute approximate surface area is 214 Å². The molecule has 3 aromatic carbocycles. The van der Waals surface area contributed by atoms with Gasteiger partial charge < -0.3 is 24.4 Å². The van der Waals surface area contributed by atoms with E-state index in [2.05, 4.69) is 17.1 Å². The normalized spacial score (nSPS) is 14.3. The van der Waals surface area contributed by atoms with E-state index in [1.807, 2.05) is 73.7 Å². The molecule has 6 heteroatoms. The van der Waals surface area contributed by atoms with E-state index in [4.69, 9.17) is 14.2 Å². The molecular weight excluding hydrogens is 452 g/mol. The number of aryl methyl sites for hydroxylation is 1. The van der Waals surface area contributed by atoms with Gasteiger partial charge in [-0.25, -0.2) is 0 Å². The van der Waals surface area contributed by atoms with Crippen molar-refractivity contribution >= 4 is 11.6 Å². The average Bonchev–Trinajstić information content (AvgIpc) is 2.90. The lowest BCUT2D eigenvalue weighted by Gasteiger charge is -2.32. The fourth-order valence-electron chi connectivity index (χ4n) is 4.37. The summed E-state index contributed by atoms with van der Waals surface area (Å²) in [5.74, 6) is 2.65. The van der Waals surface area contributed by atoms with Crippen molar-refractivity contribution < 1.29 is 19.0 Å². The molecule has 0 spiro atoms.